The Morgan fingerprint density at radius 3 is 2.53 bits per heavy atom. The Kier molecular flexibility index (Phi) is 6.66. The molecule has 0 aliphatic carbocycles. The van der Waals surface area contributed by atoms with E-state index in [0.29, 0.717) is 5.76 Å². The first-order chi connectivity index (χ1) is 14.3. The molecule has 0 spiro atoms. The van der Waals surface area contributed by atoms with Crippen molar-refractivity contribution < 1.29 is 14.0 Å². The van der Waals surface area contributed by atoms with Gasteiger partial charge in [0, 0.05) is 17.5 Å². The van der Waals surface area contributed by atoms with E-state index in [4.69, 9.17) is 4.42 Å². The lowest BCUT2D eigenvalue weighted by molar-refractivity contribution is -0.128. The molecule has 8 heteroatoms. The van der Waals surface area contributed by atoms with E-state index in [-0.39, 0.29) is 24.1 Å². The quantitative estimate of drug-likeness (QED) is 0.585. The molecule has 2 heterocycles. The Labute approximate surface area is 180 Å². The van der Waals surface area contributed by atoms with E-state index >= 15 is 0 Å². The van der Waals surface area contributed by atoms with Crippen molar-refractivity contribution in [2.24, 2.45) is 0 Å². The molecule has 7 nitrogen and oxygen atoms in total. The number of nitrogens with zero attached hydrogens (tertiary/aromatic N) is 3. The maximum atomic E-state index is 13.4. The van der Waals surface area contributed by atoms with E-state index in [1.165, 1.54) is 11.2 Å². The number of hydrogen-bond acceptors (Lipinski definition) is 6. The molecule has 0 bridgehead atoms. The summed E-state index contributed by atoms with van der Waals surface area (Å²) in [6.45, 7) is 8.11. The molecule has 3 aromatic rings. The van der Waals surface area contributed by atoms with E-state index in [1.807, 2.05) is 52.0 Å². The second-order valence-corrected chi connectivity index (χ2v) is 8.46. The van der Waals surface area contributed by atoms with Crippen LogP contribution in [0.1, 0.15) is 60.6 Å². The van der Waals surface area contributed by atoms with E-state index in [9.17, 15) is 9.59 Å². The number of rotatable bonds is 8. The highest BCUT2D eigenvalue weighted by Gasteiger charge is 2.36. The maximum absolute atomic E-state index is 13.4. The molecule has 30 heavy (non-hydrogen) atoms. The molecule has 0 aliphatic heterocycles. The first-order valence-corrected chi connectivity index (χ1v) is 10.6. The molecular weight excluding hydrogens is 400 g/mol. The zero-order valence-electron chi connectivity index (χ0n) is 17.6. The lowest BCUT2D eigenvalue weighted by Gasteiger charge is -2.33. The second-order valence-electron chi connectivity index (χ2n) is 7.85. The Balaban J connectivity index is 2.02. The summed E-state index contributed by atoms with van der Waals surface area (Å²) in [5, 5.41) is 8.55. The topological polar surface area (TPSA) is 88.3 Å². The highest BCUT2D eigenvalue weighted by molar-refractivity contribution is 7.03. The number of carbonyl (C=O) groups is 2. The summed E-state index contributed by atoms with van der Waals surface area (Å²) in [5.74, 6) is -0.293. The van der Waals surface area contributed by atoms with Crippen LogP contribution in [0, 0.1) is 6.92 Å². The van der Waals surface area contributed by atoms with Crippen LogP contribution < -0.4 is 5.32 Å². The minimum Gasteiger partial charge on any atom is -0.467 e. The molecule has 0 fully saturated rings. The van der Waals surface area contributed by atoms with Gasteiger partial charge in [0.1, 0.15) is 5.76 Å². The Morgan fingerprint density at radius 1 is 1.23 bits per heavy atom. The largest absolute Gasteiger partial charge is 0.467 e. The van der Waals surface area contributed by atoms with Crippen LogP contribution in [0.15, 0.2) is 52.5 Å². The van der Waals surface area contributed by atoms with E-state index in [0.717, 1.165) is 29.1 Å². The Morgan fingerprint density at radius 2 is 1.97 bits per heavy atom. The standard InChI is InChI=1S/C22H26N4O3S/c1-5-22(3,4)23-20(27)19(18-7-6-12-29-18)26(21(28)17-14-30-25-24-17)13-16-10-8-15(2)9-11-16/h6-12,14,19H,5,13H2,1-4H3,(H,23,27). The number of benzene rings is 1. The molecule has 0 saturated carbocycles. The lowest BCUT2D eigenvalue weighted by atomic mass is 10.0. The molecule has 158 valence electrons. The molecule has 3 rings (SSSR count). The number of furan rings is 1. The molecule has 2 aromatic heterocycles. The highest BCUT2D eigenvalue weighted by atomic mass is 32.1. The van der Waals surface area contributed by atoms with Gasteiger partial charge in [0.05, 0.1) is 6.26 Å². The summed E-state index contributed by atoms with van der Waals surface area (Å²) in [4.78, 5) is 28.2. The summed E-state index contributed by atoms with van der Waals surface area (Å²) >= 11 is 1.09. The van der Waals surface area contributed by atoms with Gasteiger partial charge in [-0.1, -0.05) is 41.2 Å². The molecule has 1 unspecified atom stereocenters. The van der Waals surface area contributed by atoms with Crippen LogP contribution in [0.5, 0.6) is 0 Å². The van der Waals surface area contributed by atoms with Crippen LogP contribution in [0.25, 0.3) is 0 Å². The highest BCUT2D eigenvalue weighted by Crippen LogP contribution is 2.27. The van der Waals surface area contributed by atoms with Gasteiger partial charge in [0.15, 0.2) is 11.7 Å². The number of nitrogens with one attached hydrogen (secondary N) is 1. The van der Waals surface area contributed by atoms with E-state index in [1.54, 1.807) is 17.5 Å². The minimum absolute atomic E-state index is 0.200. The number of hydrogen-bond donors (Lipinski definition) is 1. The van der Waals surface area contributed by atoms with Crippen LogP contribution in [-0.4, -0.2) is 31.8 Å². The summed E-state index contributed by atoms with van der Waals surface area (Å²) in [6.07, 6.45) is 2.24. The van der Waals surface area contributed by atoms with Gasteiger partial charge in [0.25, 0.3) is 11.8 Å². The number of aryl methyl sites for hydroxylation is 1. The van der Waals surface area contributed by atoms with Gasteiger partial charge in [-0.3, -0.25) is 9.59 Å². The molecule has 1 aromatic carbocycles. The van der Waals surface area contributed by atoms with E-state index in [2.05, 4.69) is 14.9 Å². The SMILES string of the molecule is CCC(C)(C)NC(=O)C(c1ccco1)N(Cc1ccc(C)cc1)C(=O)c1csnn1. The fourth-order valence-corrected chi connectivity index (χ4v) is 3.37. The van der Waals surface area contributed by atoms with Crippen LogP contribution in [0.3, 0.4) is 0 Å². The van der Waals surface area contributed by atoms with Crippen molar-refractivity contribution >= 4 is 23.3 Å². The molecule has 0 saturated heterocycles. The minimum atomic E-state index is -0.943. The Bertz CT molecular complexity index is 967. The van der Waals surface area contributed by atoms with Gasteiger partial charge < -0.3 is 14.6 Å². The zero-order valence-corrected chi connectivity index (χ0v) is 18.4. The number of aromatic nitrogens is 2. The number of carbonyl (C=O) groups excluding carboxylic acids is 2. The third-order valence-electron chi connectivity index (χ3n) is 5.03. The van der Waals surface area contributed by atoms with Crippen LogP contribution in [0.4, 0.5) is 0 Å². The van der Waals surface area contributed by atoms with Crippen molar-refractivity contribution in [1.82, 2.24) is 19.8 Å². The summed E-state index contributed by atoms with van der Waals surface area (Å²) in [7, 11) is 0. The van der Waals surface area contributed by atoms with Gasteiger partial charge >= 0.3 is 0 Å². The monoisotopic (exact) mass is 426 g/mol. The van der Waals surface area contributed by atoms with Gasteiger partial charge in [0.2, 0.25) is 0 Å². The van der Waals surface area contributed by atoms with Gasteiger partial charge in [-0.2, -0.15) is 0 Å². The summed E-state index contributed by atoms with van der Waals surface area (Å²) in [5.41, 5.74) is 1.79. The first kappa shape index (κ1) is 21.7. The maximum Gasteiger partial charge on any atom is 0.276 e. The molecule has 0 radical (unpaired) electrons. The van der Waals surface area contributed by atoms with Crippen molar-refractivity contribution in [3.8, 4) is 0 Å². The lowest BCUT2D eigenvalue weighted by Crippen LogP contribution is -2.50. The van der Waals surface area contributed by atoms with E-state index < -0.39 is 11.6 Å². The van der Waals surface area contributed by atoms with Crippen LogP contribution >= 0.6 is 11.5 Å². The third-order valence-corrected chi connectivity index (χ3v) is 5.54. The van der Waals surface area contributed by atoms with Crippen molar-refractivity contribution in [2.45, 2.75) is 52.2 Å². The van der Waals surface area contributed by atoms with Crippen LogP contribution in [-0.2, 0) is 11.3 Å². The van der Waals surface area contributed by atoms with Gasteiger partial charge in [-0.25, -0.2) is 0 Å². The first-order valence-electron chi connectivity index (χ1n) is 9.79. The smallest absolute Gasteiger partial charge is 0.276 e. The molecular formula is C22H26N4O3S. The molecule has 1 atom stereocenters. The summed E-state index contributed by atoms with van der Waals surface area (Å²) < 4.78 is 9.39. The summed E-state index contributed by atoms with van der Waals surface area (Å²) in [6, 6.07) is 10.3. The average molecular weight is 427 g/mol. The van der Waals surface area contributed by atoms with Crippen LogP contribution in [0.2, 0.25) is 0 Å². The predicted octanol–water partition coefficient (Wildman–Crippen LogP) is 4.13. The predicted molar refractivity (Wildman–Crippen MR) is 115 cm³/mol. The molecule has 2 amide bonds. The van der Waals surface area contributed by atoms with Crippen molar-refractivity contribution in [1.29, 1.82) is 0 Å². The van der Waals surface area contributed by atoms with Gasteiger partial charge in [-0.15, -0.1) is 5.10 Å². The van der Waals surface area contributed by atoms with Gasteiger partial charge in [-0.05, 0) is 56.4 Å². The molecule has 1 N–H and O–H groups in total. The van der Waals surface area contributed by atoms with Crippen molar-refractivity contribution in [2.75, 3.05) is 0 Å². The number of amides is 2. The molecule has 0 aliphatic rings. The average Bonchev–Trinajstić information content (AvgIpc) is 3.42. The van der Waals surface area contributed by atoms with Crippen molar-refractivity contribution in [3.63, 3.8) is 0 Å². The Hall–Kier alpha value is -3.00. The third kappa shape index (κ3) is 5.13. The second kappa shape index (κ2) is 9.21. The zero-order chi connectivity index (χ0) is 21.7. The fourth-order valence-electron chi connectivity index (χ4n) is 2.94. The normalized spacial score (nSPS) is 12.4. The fraction of sp³-hybridized carbons (Fsp3) is 0.364. The van der Waals surface area contributed by atoms with Crippen molar-refractivity contribution in [3.05, 3.63) is 70.6 Å².